The third kappa shape index (κ3) is 4.13. The molecule has 3 aromatic rings. The Balaban J connectivity index is 1.54. The summed E-state index contributed by atoms with van der Waals surface area (Å²) in [4.78, 5) is 22.6. The molecule has 0 aliphatic carbocycles. The number of aromatic amines is 1. The highest BCUT2D eigenvalue weighted by molar-refractivity contribution is 6.30. The lowest BCUT2D eigenvalue weighted by atomic mass is 10.1. The summed E-state index contributed by atoms with van der Waals surface area (Å²) in [6.07, 6.45) is 0.729. The standard InChI is InChI=1S/C22H22ClN3O3/c1-28-19-8-3-14(11-20(19)29-2)12-26-10-9-18-17(13-26)22(27)25-21(24-18)15-4-6-16(23)7-5-15/h3-8,11H,9-10,12-13H2,1-2H3,(H,24,25,27). The summed E-state index contributed by atoms with van der Waals surface area (Å²) in [7, 11) is 3.25. The Kier molecular flexibility index (Phi) is 5.56. The van der Waals surface area contributed by atoms with E-state index in [4.69, 9.17) is 26.1 Å². The normalized spacial score (nSPS) is 13.8. The van der Waals surface area contributed by atoms with Crippen molar-refractivity contribution in [1.29, 1.82) is 0 Å². The van der Waals surface area contributed by atoms with E-state index in [0.717, 1.165) is 41.9 Å². The van der Waals surface area contributed by atoms with E-state index in [-0.39, 0.29) is 5.56 Å². The van der Waals surface area contributed by atoms with Gasteiger partial charge in [-0.25, -0.2) is 4.98 Å². The van der Waals surface area contributed by atoms with Gasteiger partial charge >= 0.3 is 0 Å². The molecule has 0 fully saturated rings. The third-order valence-corrected chi connectivity index (χ3v) is 5.37. The maximum absolute atomic E-state index is 12.7. The molecule has 1 aromatic heterocycles. The summed E-state index contributed by atoms with van der Waals surface area (Å²) in [6.45, 7) is 2.11. The molecule has 150 valence electrons. The van der Waals surface area contributed by atoms with E-state index >= 15 is 0 Å². The Labute approximate surface area is 174 Å². The third-order valence-electron chi connectivity index (χ3n) is 5.12. The summed E-state index contributed by atoms with van der Waals surface area (Å²) in [6, 6.07) is 13.2. The van der Waals surface area contributed by atoms with Crippen LogP contribution in [0.15, 0.2) is 47.3 Å². The van der Waals surface area contributed by atoms with Crippen molar-refractivity contribution < 1.29 is 9.47 Å². The number of fused-ring (bicyclic) bond motifs is 1. The van der Waals surface area contributed by atoms with E-state index in [1.165, 1.54) is 0 Å². The van der Waals surface area contributed by atoms with Crippen LogP contribution in [0, 0.1) is 0 Å². The average Bonchev–Trinajstić information content (AvgIpc) is 2.74. The van der Waals surface area contributed by atoms with Crippen LogP contribution in [0.4, 0.5) is 0 Å². The largest absolute Gasteiger partial charge is 0.493 e. The molecule has 0 saturated heterocycles. The topological polar surface area (TPSA) is 67.5 Å². The second kappa shape index (κ2) is 8.27. The lowest BCUT2D eigenvalue weighted by Crippen LogP contribution is -2.35. The van der Waals surface area contributed by atoms with E-state index in [1.807, 2.05) is 30.3 Å². The molecule has 1 aliphatic rings. The molecule has 0 radical (unpaired) electrons. The quantitative estimate of drug-likeness (QED) is 0.693. The van der Waals surface area contributed by atoms with Gasteiger partial charge < -0.3 is 14.5 Å². The molecule has 29 heavy (non-hydrogen) atoms. The van der Waals surface area contributed by atoms with Crippen LogP contribution >= 0.6 is 11.6 Å². The maximum Gasteiger partial charge on any atom is 0.255 e. The van der Waals surface area contributed by atoms with Crippen molar-refractivity contribution >= 4 is 11.6 Å². The predicted octanol–water partition coefficient (Wildman–Crippen LogP) is 3.67. The summed E-state index contributed by atoms with van der Waals surface area (Å²) in [5.41, 5.74) is 3.46. The second-order valence-corrected chi connectivity index (χ2v) is 7.43. The average molecular weight is 412 g/mol. The molecular formula is C22H22ClN3O3. The van der Waals surface area contributed by atoms with Crippen LogP contribution in [0.2, 0.25) is 5.02 Å². The Hall–Kier alpha value is -2.83. The van der Waals surface area contributed by atoms with Crippen LogP contribution in [-0.2, 0) is 19.5 Å². The number of halogens is 1. The van der Waals surface area contributed by atoms with E-state index in [9.17, 15) is 4.79 Å². The molecular weight excluding hydrogens is 390 g/mol. The number of hydrogen-bond acceptors (Lipinski definition) is 5. The van der Waals surface area contributed by atoms with Crippen molar-refractivity contribution in [3.63, 3.8) is 0 Å². The number of methoxy groups -OCH3 is 2. The molecule has 0 bridgehead atoms. The van der Waals surface area contributed by atoms with Crippen molar-refractivity contribution in [2.24, 2.45) is 0 Å². The van der Waals surface area contributed by atoms with Gasteiger partial charge in [0, 0.05) is 36.6 Å². The Morgan fingerprint density at radius 1 is 1.10 bits per heavy atom. The minimum atomic E-state index is -0.0861. The molecule has 2 heterocycles. The summed E-state index contributed by atoms with van der Waals surface area (Å²) in [5.74, 6) is 1.99. The first-order valence-corrected chi connectivity index (χ1v) is 9.76. The van der Waals surface area contributed by atoms with E-state index in [0.29, 0.717) is 28.9 Å². The van der Waals surface area contributed by atoms with E-state index in [2.05, 4.69) is 9.88 Å². The first-order chi connectivity index (χ1) is 14.1. The number of nitrogens with one attached hydrogen (secondary N) is 1. The van der Waals surface area contributed by atoms with Gasteiger partial charge in [0.05, 0.1) is 25.5 Å². The van der Waals surface area contributed by atoms with Crippen LogP contribution in [0.5, 0.6) is 11.5 Å². The number of ether oxygens (including phenoxy) is 2. The number of H-pyrrole nitrogens is 1. The van der Waals surface area contributed by atoms with Crippen molar-refractivity contribution in [3.05, 3.63) is 74.7 Å². The van der Waals surface area contributed by atoms with Gasteiger partial charge in [-0.05, 0) is 42.0 Å². The van der Waals surface area contributed by atoms with E-state index in [1.54, 1.807) is 26.4 Å². The highest BCUT2D eigenvalue weighted by atomic mass is 35.5. The molecule has 0 unspecified atom stereocenters. The monoisotopic (exact) mass is 411 g/mol. The van der Waals surface area contributed by atoms with E-state index < -0.39 is 0 Å². The van der Waals surface area contributed by atoms with Crippen molar-refractivity contribution in [3.8, 4) is 22.9 Å². The number of rotatable bonds is 5. The highest BCUT2D eigenvalue weighted by Crippen LogP contribution is 2.29. The molecule has 0 amide bonds. The molecule has 0 saturated carbocycles. The number of aromatic nitrogens is 2. The van der Waals surface area contributed by atoms with Gasteiger partial charge in [0.25, 0.3) is 5.56 Å². The molecule has 1 aliphatic heterocycles. The number of benzene rings is 2. The second-order valence-electron chi connectivity index (χ2n) is 7.00. The van der Waals surface area contributed by atoms with Crippen LogP contribution in [0.25, 0.3) is 11.4 Å². The van der Waals surface area contributed by atoms with Gasteiger partial charge in [-0.2, -0.15) is 0 Å². The van der Waals surface area contributed by atoms with Gasteiger partial charge in [0.15, 0.2) is 11.5 Å². The van der Waals surface area contributed by atoms with Crippen LogP contribution < -0.4 is 15.0 Å². The lowest BCUT2D eigenvalue weighted by Gasteiger charge is -2.28. The van der Waals surface area contributed by atoms with Crippen molar-refractivity contribution in [2.75, 3.05) is 20.8 Å². The number of nitrogens with zero attached hydrogens (tertiary/aromatic N) is 2. The molecule has 7 heteroatoms. The zero-order chi connectivity index (χ0) is 20.4. The van der Waals surface area contributed by atoms with Gasteiger partial charge in [-0.15, -0.1) is 0 Å². The minimum Gasteiger partial charge on any atom is -0.493 e. The van der Waals surface area contributed by atoms with Crippen molar-refractivity contribution in [2.45, 2.75) is 19.5 Å². The fourth-order valence-corrected chi connectivity index (χ4v) is 3.72. The zero-order valence-electron chi connectivity index (χ0n) is 16.4. The van der Waals surface area contributed by atoms with Crippen LogP contribution in [-0.4, -0.2) is 35.6 Å². The minimum absolute atomic E-state index is 0.0861. The number of hydrogen-bond donors (Lipinski definition) is 1. The molecule has 0 atom stereocenters. The molecule has 1 N–H and O–H groups in total. The summed E-state index contributed by atoms with van der Waals surface area (Å²) in [5, 5.41) is 0.653. The lowest BCUT2D eigenvalue weighted by molar-refractivity contribution is 0.241. The zero-order valence-corrected chi connectivity index (χ0v) is 17.1. The highest BCUT2D eigenvalue weighted by Gasteiger charge is 2.22. The molecule has 2 aromatic carbocycles. The fraction of sp³-hybridized carbons (Fsp3) is 0.273. The SMILES string of the molecule is COc1ccc(CN2CCc3nc(-c4ccc(Cl)cc4)[nH]c(=O)c3C2)cc1OC. The summed E-state index contributed by atoms with van der Waals surface area (Å²) < 4.78 is 10.7. The van der Waals surface area contributed by atoms with Gasteiger partial charge in [-0.3, -0.25) is 9.69 Å². The predicted molar refractivity (Wildman–Crippen MR) is 113 cm³/mol. The Morgan fingerprint density at radius 2 is 1.86 bits per heavy atom. The fourth-order valence-electron chi connectivity index (χ4n) is 3.60. The molecule has 6 nitrogen and oxygen atoms in total. The van der Waals surface area contributed by atoms with Crippen LogP contribution in [0.1, 0.15) is 16.8 Å². The molecule has 4 rings (SSSR count). The Morgan fingerprint density at radius 3 is 2.59 bits per heavy atom. The maximum atomic E-state index is 12.7. The smallest absolute Gasteiger partial charge is 0.255 e. The Bertz CT molecular complexity index is 1080. The van der Waals surface area contributed by atoms with Gasteiger partial charge in [0.1, 0.15) is 5.82 Å². The van der Waals surface area contributed by atoms with Crippen LogP contribution in [0.3, 0.4) is 0 Å². The molecule has 0 spiro atoms. The first-order valence-electron chi connectivity index (χ1n) is 9.38. The summed E-state index contributed by atoms with van der Waals surface area (Å²) >= 11 is 5.95. The van der Waals surface area contributed by atoms with Gasteiger partial charge in [-0.1, -0.05) is 17.7 Å². The van der Waals surface area contributed by atoms with Crippen molar-refractivity contribution in [1.82, 2.24) is 14.9 Å². The first kappa shape index (κ1) is 19.5. The van der Waals surface area contributed by atoms with Gasteiger partial charge in [0.2, 0.25) is 0 Å².